The number of aryl methyl sites for hydroxylation is 1. The molecule has 132 valence electrons. The second-order valence-electron chi connectivity index (χ2n) is 6.36. The molecular weight excluding hydrogens is 318 g/mol. The van der Waals surface area contributed by atoms with E-state index < -0.39 is 6.10 Å². The number of carbonyl (C=O) groups excluding carboxylic acids is 1. The van der Waals surface area contributed by atoms with E-state index in [4.69, 9.17) is 4.74 Å². The van der Waals surface area contributed by atoms with E-state index in [-0.39, 0.29) is 11.9 Å². The van der Waals surface area contributed by atoms with Crippen molar-refractivity contribution >= 4 is 11.8 Å². The van der Waals surface area contributed by atoms with E-state index in [9.17, 15) is 9.90 Å². The van der Waals surface area contributed by atoms with Gasteiger partial charge in [-0.2, -0.15) is 0 Å². The zero-order valence-corrected chi connectivity index (χ0v) is 14.5. The summed E-state index contributed by atoms with van der Waals surface area (Å²) in [5, 5.41) is 13.1. The van der Waals surface area contributed by atoms with E-state index in [0.29, 0.717) is 24.7 Å². The Morgan fingerprint density at radius 2 is 2.04 bits per heavy atom. The van der Waals surface area contributed by atoms with Crippen LogP contribution in [0.2, 0.25) is 0 Å². The Balaban J connectivity index is 1.65. The van der Waals surface area contributed by atoms with Gasteiger partial charge in [0.1, 0.15) is 0 Å². The van der Waals surface area contributed by atoms with Crippen molar-refractivity contribution < 1.29 is 14.6 Å². The molecule has 2 atom stereocenters. The number of anilines is 1. The SMILES string of the molecule is COc1ccc(C)nc1NC(=O)N1C[C@@H](Cc2ccccc2)[C@H](O)C1. The first-order chi connectivity index (χ1) is 12.1. The number of β-amino-alcohol motifs (C(OH)–C–C–N with tert-alkyl or cyclic N) is 1. The average molecular weight is 341 g/mol. The van der Waals surface area contributed by atoms with Crippen LogP contribution >= 0.6 is 0 Å². The van der Waals surface area contributed by atoms with Crippen LogP contribution in [-0.4, -0.2) is 47.3 Å². The number of amides is 2. The maximum Gasteiger partial charge on any atom is 0.323 e. The Morgan fingerprint density at radius 3 is 2.76 bits per heavy atom. The van der Waals surface area contributed by atoms with Gasteiger partial charge in [-0.3, -0.25) is 5.32 Å². The minimum absolute atomic E-state index is 0.0283. The molecule has 0 radical (unpaired) electrons. The molecule has 1 aliphatic rings. The number of methoxy groups -OCH3 is 1. The van der Waals surface area contributed by atoms with Crippen LogP contribution in [0.5, 0.6) is 5.75 Å². The lowest BCUT2D eigenvalue weighted by Gasteiger charge is -2.18. The number of hydrogen-bond donors (Lipinski definition) is 2. The maximum atomic E-state index is 12.5. The van der Waals surface area contributed by atoms with Gasteiger partial charge in [-0.05, 0) is 31.0 Å². The number of aliphatic hydroxyl groups is 1. The summed E-state index contributed by atoms with van der Waals surface area (Å²) < 4.78 is 5.24. The van der Waals surface area contributed by atoms with E-state index in [0.717, 1.165) is 17.7 Å². The maximum absolute atomic E-state index is 12.5. The number of rotatable bonds is 4. The van der Waals surface area contributed by atoms with Gasteiger partial charge in [-0.1, -0.05) is 30.3 Å². The summed E-state index contributed by atoms with van der Waals surface area (Å²) in [6.45, 7) is 2.68. The number of ether oxygens (including phenoxy) is 1. The second-order valence-corrected chi connectivity index (χ2v) is 6.36. The molecule has 0 bridgehead atoms. The number of carbonyl (C=O) groups is 1. The molecule has 2 heterocycles. The van der Waals surface area contributed by atoms with Crippen LogP contribution in [0, 0.1) is 12.8 Å². The van der Waals surface area contributed by atoms with Crippen molar-refractivity contribution in [1.82, 2.24) is 9.88 Å². The predicted octanol–water partition coefficient (Wildman–Crippen LogP) is 2.47. The van der Waals surface area contributed by atoms with Crippen LogP contribution < -0.4 is 10.1 Å². The van der Waals surface area contributed by atoms with Gasteiger partial charge in [0.2, 0.25) is 0 Å². The third kappa shape index (κ3) is 4.09. The number of nitrogens with zero attached hydrogens (tertiary/aromatic N) is 2. The van der Waals surface area contributed by atoms with Gasteiger partial charge in [0.25, 0.3) is 0 Å². The number of aromatic nitrogens is 1. The van der Waals surface area contributed by atoms with E-state index in [1.54, 1.807) is 11.0 Å². The predicted molar refractivity (Wildman–Crippen MR) is 95.8 cm³/mol. The molecule has 2 amide bonds. The van der Waals surface area contributed by atoms with Gasteiger partial charge in [0.05, 0.1) is 13.2 Å². The quantitative estimate of drug-likeness (QED) is 0.896. The third-order valence-electron chi connectivity index (χ3n) is 4.48. The van der Waals surface area contributed by atoms with Crippen LogP contribution in [0.3, 0.4) is 0 Å². The fourth-order valence-electron chi connectivity index (χ4n) is 3.12. The fraction of sp³-hybridized carbons (Fsp3) is 0.368. The molecular formula is C19H23N3O3. The molecule has 1 aromatic heterocycles. The van der Waals surface area contributed by atoms with Crippen LogP contribution in [0.1, 0.15) is 11.3 Å². The van der Waals surface area contributed by atoms with Crippen LogP contribution in [0.25, 0.3) is 0 Å². The van der Waals surface area contributed by atoms with Crippen molar-refractivity contribution in [3.63, 3.8) is 0 Å². The number of benzene rings is 1. The lowest BCUT2D eigenvalue weighted by atomic mass is 9.97. The molecule has 6 heteroatoms. The smallest absolute Gasteiger partial charge is 0.323 e. The molecule has 0 saturated carbocycles. The Hall–Kier alpha value is -2.60. The fourth-order valence-corrected chi connectivity index (χ4v) is 3.12. The first-order valence-electron chi connectivity index (χ1n) is 8.36. The summed E-state index contributed by atoms with van der Waals surface area (Å²) in [5.41, 5.74) is 1.95. The Labute approximate surface area is 147 Å². The molecule has 3 rings (SSSR count). The third-order valence-corrected chi connectivity index (χ3v) is 4.48. The van der Waals surface area contributed by atoms with Crippen molar-refractivity contribution in [1.29, 1.82) is 0 Å². The summed E-state index contributed by atoms with van der Waals surface area (Å²) in [7, 11) is 1.54. The van der Waals surface area contributed by atoms with E-state index >= 15 is 0 Å². The highest BCUT2D eigenvalue weighted by molar-refractivity contribution is 5.90. The molecule has 0 unspecified atom stereocenters. The summed E-state index contributed by atoms with van der Waals surface area (Å²) in [5.74, 6) is 0.938. The van der Waals surface area contributed by atoms with Gasteiger partial charge < -0.3 is 14.7 Å². The molecule has 1 aromatic carbocycles. The molecule has 1 fully saturated rings. The zero-order valence-electron chi connectivity index (χ0n) is 14.5. The highest BCUT2D eigenvalue weighted by atomic mass is 16.5. The topological polar surface area (TPSA) is 74.7 Å². The van der Waals surface area contributed by atoms with Crippen molar-refractivity contribution in [3.05, 3.63) is 53.7 Å². The first-order valence-corrected chi connectivity index (χ1v) is 8.36. The van der Waals surface area contributed by atoms with Gasteiger partial charge in [-0.15, -0.1) is 0 Å². The first kappa shape index (κ1) is 17.2. The molecule has 0 spiro atoms. The zero-order chi connectivity index (χ0) is 17.8. The monoisotopic (exact) mass is 341 g/mol. The van der Waals surface area contributed by atoms with Crippen molar-refractivity contribution in [2.24, 2.45) is 5.92 Å². The number of aliphatic hydroxyl groups excluding tert-OH is 1. The number of nitrogens with one attached hydrogen (secondary N) is 1. The highest BCUT2D eigenvalue weighted by Crippen LogP contribution is 2.25. The highest BCUT2D eigenvalue weighted by Gasteiger charge is 2.34. The number of urea groups is 1. The lowest BCUT2D eigenvalue weighted by Crippen LogP contribution is -2.34. The van der Waals surface area contributed by atoms with Crippen molar-refractivity contribution in [2.45, 2.75) is 19.4 Å². The summed E-state index contributed by atoms with van der Waals surface area (Å²) in [6, 6.07) is 13.3. The number of hydrogen-bond acceptors (Lipinski definition) is 4. The van der Waals surface area contributed by atoms with Crippen LogP contribution in [0.15, 0.2) is 42.5 Å². The number of likely N-dealkylation sites (tertiary alicyclic amines) is 1. The standard InChI is InChI=1S/C19H23N3O3/c1-13-8-9-17(25-2)18(20-13)21-19(24)22-11-15(16(23)12-22)10-14-6-4-3-5-7-14/h3-9,15-16,23H,10-12H2,1-2H3,(H,20,21,24)/t15-,16-/m1/s1. The molecule has 2 N–H and O–H groups in total. The molecule has 1 aliphatic heterocycles. The summed E-state index contributed by atoms with van der Waals surface area (Å²) in [6.07, 6.45) is 0.218. The molecule has 0 aliphatic carbocycles. The molecule has 6 nitrogen and oxygen atoms in total. The van der Waals surface area contributed by atoms with Crippen molar-refractivity contribution in [3.8, 4) is 5.75 Å². The van der Waals surface area contributed by atoms with Crippen LogP contribution in [0.4, 0.5) is 10.6 Å². The van der Waals surface area contributed by atoms with E-state index in [1.807, 2.05) is 43.3 Å². The average Bonchev–Trinajstić information content (AvgIpc) is 2.97. The van der Waals surface area contributed by atoms with Gasteiger partial charge in [0, 0.05) is 24.7 Å². The molecule has 25 heavy (non-hydrogen) atoms. The minimum Gasteiger partial charge on any atom is -0.493 e. The number of pyridine rings is 1. The van der Waals surface area contributed by atoms with Crippen LogP contribution in [-0.2, 0) is 6.42 Å². The Bertz CT molecular complexity index is 736. The van der Waals surface area contributed by atoms with Crippen molar-refractivity contribution in [2.75, 3.05) is 25.5 Å². The van der Waals surface area contributed by atoms with Gasteiger partial charge in [-0.25, -0.2) is 9.78 Å². The van der Waals surface area contributed by atoms with Gasteiger partial charge >= 0.3 is 6.03 Å². The summed E-state index contributed by atoms with van der Waals surface area (Å²) >= 11 is 0. The molecule has 1 saturated heterocycles. The summed E-state index contributed by atoms with van der Waals surface area (Å²) in [4.78, 5) is 18.5. The molecule has 2 aromatic rings. The Morgan fingerprint density at radius 1 is 1.28 bits per heavy atom. The normalized spacial score (nSPS) is 19.7. The van der Waals surface area contributed by atoms with Gasteiger partial charge in [0.15, 0.2) is 11.6 Å². The largest absolute Gasteiger partial charge is 0.493 e. The van der Waals surface area contributed by atoms with E-state index in [1.165, 1.54) is 7.11 Å². The minimum atomic E-state index is -0.529. The van der Waals surface area contributed by atoms with E-state index in [2.05, 4.69) is 10.3 Å². The Kier molecular flexibility index (Phi) is 5.19. The lowest BCUT2D eigenvalue weighted by molar-refractivity contribution is 0.143. The second kappa shape index (κ2) is 7.53.